The third-order valence-corrected chi connectivity index (χ3v) is 3.78. The molecule has 1 heterocycles. The summed E-state index contributed by atoms with van der Waals surface area (Å²) in [4.78, 5) is 35.5. The Balaban J connectivity index is 2.01. The van der Waals surface area contributed by atoms with Crippen molar-refractivity contribution in [1.82, 2.24) is 4.90 Å². The van der Waals surface area contributed by atoms with Gasteiger partial charge in [0.15, 0.2) is 0 Å². The van der Waals surface area contributed by atoms with Crippen LogP contribution in [0.25, 0.3) is 0 Å². The van der Waals surface area contributed by atoms with Crippen molar-refractivity contribution in [2.45, 2.75) is 26.2 Å². The average Bonchev–Trinajstić information content (AvgIpc) is 2.88. The lowest BCUT2D eigenvalue weighted by molar-refractivity contribution is -0.387. The van der Waals surface area contributed by atoms with E-state index in [1.165, 1.54) is 6.07 Å². The van der Waals surface area contributed by atoms with E-state index in [1.807, 2.05) is 6.92 Å². The van der Waals surface area contributed by atoms with Gasteiger partial charge in [0.2, 0.25) is 17.6 Å². The second kappa shape index (κ2) is 7.17. The Morgan fingerprint density at radius 1 is 1.52 bits per heavy atom. The molecule has 1 atom stereocenters. The number of hydrogen-bond donors (Lipinski definition) is 1. The van der Waals surface area contributed by atoms with Crippen molar-refractivity contribution in [2.75, 3.05) is 18.4 Å². The zero-order valence-electron chi connectivity index (χ0n) is 12.8. The molecule has 0 spiro atoms. The van der Waals surface area contributed by atoms with E-state index in [1.54, 1.807) is 4.90 Å². The van der Waals surface area contributed by atoms with Crippen LogP contribution in [0.2, 0.25) is 0 Å². The molecule has 0 aliphatic carbocycles. The highest BCUT2D eigenvalue weighted by Gasteiger charge is 2.34. The van der Waals surface area contributed by atoms with Crippen molar-refractivity contribution in [3.05, 3.63) is 34.1 Å². The topological polar surface area (TPSA) is 92.6 Å². The van der Waals surface area contributed by atoms with Crippen LogP contribution in [-0.2, 0) is 9.59 Å². The molecule has 2 rings (SSSR count). The smallest absolute Gasteiger partial charge is 0.306 e. The van der Waals surface area contributed by atoms with Crippen LogP contribution in [-0.4, -0.2) is 34.7 Å². The zero-order valence-corrected chi connectivity index (χ0v) is 12.8. The van der Waals surface area contributed by atoms with Gasteiger partial charge in [-0.3, -0.25) is 19.7 Å². The van der Waals surface area contributed by atoms with Crippen LogP contribution in [0.15, 0.2) is 18.2 Å². The van der Waals surface area contributed by atoms with E-state index in [4.69, 9.17) is 0 Å². The molecule has 0 radical (unpaired) electrons. The van der Waals surface area contributed by atoms with E-state index in [2.05, 4.69) is 5.32 Å². The van der Waals surface area contributed by atoms with Crippen LogP contribution in [0.5, 0.6) is 0 Å². The van der Waals surface area contributed by atoms with Gasteiger partial charge in [-0.05, 0) is 18.6 Å². The molecule has 1 aliphatic rings. The fraction of sp³-hybridized carbons (Fsp3) is 0.467. The summed E-state index contributed by atoms with van der Waals surface area (Å²) in [5.74, 6) is -1.92. The lowest BCUT2D eigenvalue weighted by Gasteiger charge is -2.15. The van der Waals surface area contributed by atoms with Crippen molar-refractivity contribution in [3.8, 4) is 0 Å². The Hall–Kier alpha value is -2.51. The number of halogens is 1. The van der Waals surface area contributed by atoms with E-state index in [-0.39, 0.29) is 18.0 Å². The Morgan fingerprint density at radius 2 is 2.26 bits per heavy atom. The van der Waals surface area contributed by atoms with Crippen molar-refractivity contribution in [3.63, 3.8) is 0 Å². The monoisotopic (exact) mass is 323 g/mol. The number of amides is 2. The van der Waals surface area contributed by atoms with Crippen molar-refractivity contribution in [1.29, 1.82) is 0 Å². The highest BCUT2D eigenvalue weighted by Crippen LogP contribution is 2.24. The number of hydrogen-bond acceptors (Lipinski definition) is 4. The highest BCUT2D eigenvalue weighted by molar-refractivity contribution is 5.97. The zero-order chi connectivity index (χ0) is 17.0. The molecular weight excluding hydrogens is 305 g/mol. The first-order chi connectivity index (χ1) is 10.9. The molecule has 2 amide bonds. The third-order valence-electron chi connectivity index (χ3n) is 3.78. The molecule has 1 saturated heterocycles. The number of benzene rings is 1. The van der Waals surface area contributed by atoms with E-state index < -0.39 is 28.3 Å². The van der Waals surface area contributed by atoms with Crippen LogP contribution in [0.4, 0.5) is 15.8 Å². The second-order valence-electron chi connectivity index (χ2n) is 5.51. The Morgan fingerprint density at radius 3 is 2.91 bits per heavy atom. The van der Waals surface area contributed by atoms with Gasteiger partial charge in [0, 0.05) is 31.3 Å². The van der Waals surface area contributed by atoms with Crippen LogP contribution >= 0.6 is 0 Å². The summed E-state index contributed by atoms with van der Waals surface area (Å²) in [5, 5.41) is 13.2. The lowest BCUT2D eigenvalue weighted by Crippen LogP contribution is -2.29. The summed E-state index contributed by atoms with van der Waals surface area (Å²) in [5.41, 5.74) is -0.558. The number of unbranched alkanes of at least 4 members (excludes halogenated alkanes) is 1. The minimum absolute atomic E-state index is 0.0660. The standard InChI is InChI=1S/C15H18FN3O4/c1-2-3-6-18-9-10(7-14(18)20)15(21)17-11-4-5-12(16)13(8-11)19(22)23/h4-5,8,10H,2-3,6-7,9H2,1H3,(H,17,21). The van der Waals surface area contributed by atoms with Crippen LogP contribution in [0.1, 0.15) is 26.2 Å². The van der Waals surface area contributed by atoms with Gasteiger partial charge in [-0.1, -0.05) is 13.3 Å². The quantitative estimate of drug-likeness (QED) is 0.642. The van der Waals surface area contributed by atoms with Crippen molar-refractivity contribution >= 4 is 23.2 Å². The molecule has 124 valence electrons. The molecule has 1 aliphatic heterocycles. The summed E-state index contributed by atoms with van der Waals surface area (Å²) in [6.07, 6.45) is 1.96. The number of nitro benzene ring substituents is 1. The van der Waals surface area contributed by atoms with Gasteiger partial charge in [0.05, 0.1) is 10.8 Å². The number of carbonyl (C=O) groups excluding carboxylic acids is 2. The summed E-state index contributed by atoms with van der Waals surface area (Å²) < 4.78 is 13.3. The molecule has 1 fully saturated rings. The maximum Gasteiger partial charge on any atom is 0.306 e. The molecule has 0 aromatic heterocycles. The summed E-state index contributed by atoms with van der Waals surface area (Å²) in [6.45, 7) is 2.99. The number of likely N-dealkylation sites (tertiary alicyclic amines) is 1. The van der Waals surface area contributed by atoms with Gasteiger partial charge < -0.3 is 10.2 Å². The summed E-state index contributed by atoms with van der Waals surface area (Å²) >= 11 is 0. The molecule has 1 aromatic rings. The first-order valence-electron chi connectivity index (χ1n) is 7.45. The van der Waals surface area contributed by atoms with Gasteiger partial charge in [-0.2, -0.15) is 4.39 Å². The lowest BCUT2D eigenvalue weighted by atomic mass is 10.1. The van der Waals surface area contributed by atoms with Gasteiger partial charge >= 0.3 is 5.69 Å². The first-order valence-corrected chi connectivity index (χ1v) is 7.45. The SMILES string of the molecule is CCCCN1CC(C(=O)Nc2ccc(F)c([N+](=O)[O-])c2)CC1=O. The van der Waals surface area contributed by atoms with E-state index in [9.17, 15) is 24.1 Å². The fourth-order valence-electron chi connectivity index (χ4n) is 2.49. The van der Waals surface area contributed by atoms with Gasteiger partial charge in [0.25, 0.3) is 0 Å². The summed E-state index contributed by atoms with van der Waals surface area (Å²) in [6, 6.07) is 3.16. The number of carbonyl (C=O) groups is 2. The Labute approximate surface area is 132 Å². The van der Waals surface area contributed by atoms with Crippen molar-refractivity contribution < 1.29 is 18.9 Å². The number of anilines is 1. The van der Waals surface area contributed by atoms with Gasteiger partial charge in [-0.15, -0.1) is 0 Å². The third kappa shape index (κ3) is 4.02. The molecule has 1 unspecified atom stereocenters. The molecule has 23 heavy (non-hydrogen) atoms. The largest absolute Gasteiger partial charge is 0.342 e. The molecule has 0 saturated carbocycles. The van der Waals surface area contributed by atoms with Gasteiger partial charge in [-0.25, -0.2) is 0 Å². The predicted octanol–water partition coefficient (Wildman–Crippen LogP) is 2.32. The van der Waals surface area contributed by atoms with E-state index in [0.29, 0.717) is 13.1 Å². The average molecular weight is 323 g/mol. The molecule has 8 heteroatoms. The van der Waals surface area contributed by atoms with E-state index in [0.717, 1.165) is 25.0 Å². The predicted molar refractivity (Wildman–Crippen MR) is 81.3 cm³/mol. The number of nitrogens with zero attached hydrogens (tertiary/aromatic N) is 2. The molecule has 1 aromatic carbocycles. The van der Waals surface area contributed by atoms with Crippen molar-refractivity contribution in [2.24, 2.45) is 5.92 Å². The molecule has 0 bridgehead atoms. The maximum absolute atomic E-state index is 13.3. The second-order valence-corrected chi connectivity index (χ2v) is 5.51. The number of nitrogens with one attached hydrogen (secondary N) is 1. The molecule has 7 nitrogen and oxygen atoms in total. The summed E-state index contributed by atoms with van der Waals surface area (Å²) in [7, 11) is 0. The van der Waals surface area contributed by atoms with Gasteiger partial charge in [0.1, 0.15) is 0 Å². The highest BCUT2D eigenvalue weighted by atomic mass is 19.1. The Bertz CT molecular complexity index is 635. The van der Waals surface area contributed by atoms with Crippen LogP contribution in [0, 0.1) is 21.8 Å². The Kier molecular flexibility index (Phi) is 5.25. The molecular formula is C15H18FN3O4. The number of nitro groups is 1. The minimum Gasteiger partial charge on any atom is -0.342 e. The normalized spacial score (nSPS) is 17.4. The number of rotatable bonds is 6. The maximum atomic E-state index is 13.3. The van der Waals surface area contributed by atoms with Crippen LogP contribution in [0.3, 0.4) is 0 Å². The van der Waals surface area contributed by atoms with E-state index >= 15 is 0 Å². The fourth-order valence-corrected chi connectivity index (χ4v) is 2.49. The first kappa shape index (κ1) is 16.9. The van der Waals surface area contributed by atoms with Crippen LogP contribution < -0.4 is 5.32 Å². The molecule has 1 N–H and O–H groups in total. The minimum atomic E-state index is -0.963.